The van der Waals surface area contributed by atoms with Crippen molar-refractivity contribution in [2.45, 2.75) is 26.7 Å². The predicted octanol–water partition coefficient (Wildman–Crippen LogP) is 2.03. The van der Waals surface area contributed by atoms with Gasteiger partial charge in [-0.15, -0.1) is 0 Å². The molecule has 2 unspecified atom stereocenters. The van der Waals surface area contributed by atoms with Gasteiger partial charge in [0.1, 0.15) is 0 Å². The van der Waals surface area contributed by atoms with E-state index >= 15 is 0 Å². The Morgan fingerprint density at radius 2 is 2.19 bits per heavy atom. The largest absolute Gasteiger partial charge is 0.469 e. The highest BCUT2D eigenvalue weighted by Gasteiger charge is 2.43. The normalized spacial score (nSPS) is 31.2. The summed E-state index contributed by atoms with van der Waals surface area (Å²) in [7, 11) is 1.42. The van der Waals surface area contributed by atoms with Crippen LogP contribution in [0.25, 0.3) is 0 Å². The fourth-order valence-electron chi connectivity index (χ4n) is 2.85. The van der Waals surface area contributed by atoms with Crippen LogP contribution in [0.3, 0.4) is 0 Å². The van der Waals surface area contributed by atoms with E-state index in [9.17, 15) is 9.59 Å². The first-order valence-electron chi connectivity index (χ1n) is 5.58. The van der Waals surface area contributed by atoms with Crippen molar-refractivity contribution < 1.29 is 14.3 Å². The Labute approximate surface area is 95.2 Å². The van der Waals surface area contributed by atoms with E-state index in [1.54, 1.807) is 0 Å². The molecule has 0 spiro atoms. The average Bonchev–Trinajstić information content (AvgIpc) is 2.80. The van der Waals surface area contributed by atoms with E-state index in [1.165, 1.54) is 7.11 Å². The number of esters is 1. The van der Waals surface area contributed by atoms with Crippen molar-refractivity contribution in [2.24, 2.45) is 11.8 Å². The van der Waals surface area contributed by atoms with Gasteiger partial charge >= 0.3 is 5.97 Å². The van der Waals surface area contributed by atoms with Gasteiger partial charge in [-0.25, -0.2) is 0 Å². The highest BCUT2D eigenvalue weighted by molar-refractivity contribution is 6.12. The van der Waals surface area contributed by atoms with Gasteiger partial charge < -0.3 is 4.74 Å². The molecule has 2 rings (SSSR count). The second-order valence-corrected chi connectivity index (χ2v) is 4.44. The molecule has 1 fully saturated rings. The Hall–Kier alpha value is -1.38. The first-order chi connectivity index (χ1) is 7.60. The van der Waals surface area contributed by atoms with Gasteiger partial charge in [0.15, 0.2) is 5.78 Å². The quantitative estimate of drug-likeness (QED) is 0.501. The topological polar surface area (TPSA) is 43.4 Å². The molecule has 0 saturated heterocycles. The van der Waals surface area contributed by atoms with Crippen LogP contribution in [0.5, 0.6) is 0 Å². The van der Waals surface area contributed by atoms with Gasteiger partial charge in [0.25, 0.3) is 0 Å². The fraction of sp³-hybridized carbons (Fsp3) is 0.538. The number of hydrogen-bond acceptors (Lipinski definition) is 3. The third-order valence-electron chi connectivity index (χ3n) is 3.71. The van der Waals surface area contributed by atoms with Crippen LogP contribution in [0.1, 0.15) is 26.7 Å². The number of carbonyl (C=O) groups is 2. The maximum atomic E-state index is 11.9. The number of Topliss-reactive ketones (excluding diaryl/α,β-unsaturated/α-hetero) is 1. The Balaban J connectivity index is 2.30. The molecule has 0 aliphatic heterocycles. The van der Waals surface area contributed by atoms with E-state index in [2.05, 4.69) is 0 Å². The Kier molecular flexibility index (Phi) is 2.70. The lowest BCUT2D eigenvalue weighted by atomic mass is 9.96. The molecular formula is C13H16O3. The summed E-state index contributed by atoms with van der Waals surface area (Å²) in [5, 5.41) is 0. The highest BCUT2D eigenvalue weighted by Crippen LogP contribution is 2.47. The molecule has 2 atom stereocenters. The minimum absolute atomic E-state index is 0.0667. The first-order valence-corrected chi connectivity index (χ1v) is 5.58. The highest BCUT2D eigenvalue weighted by atomic mass is 16.5. The number of methoxy groups -OCH3 is 1. The third kappa shape index (κ3) is 1.42. The van der Waals surface area contributed by atoms with Crippen molar-refractivity contribution in [3.63, 3.8) is 0 Å². The molecule has 0 aromatic heterocycles. The Bertz CT molecular complexity index is 415. The summed E-state index contributed by atoms with van der Waals surface area (Å²) in [6.07, 6.45) is 3.29. The molecule has 0 amide bonds. The molecule has 0 aromatic rings. The fourth-order valence-corrected chi connectivity index (χ4v) is 2.85. The minimum atomic E-state index is -0.155. The number of carbonyl (C=O) groups excluding carboxylic acids is 2. The number of allylic oxidation sites excluding steroid dienone is 4. The smallest absolute Gasteiger partial charge is 0.309 e. The maximum Gasteiger partial charge on any atom is 0.309 e. The Morgan fingerprint density at radius 1 is 1.50 bits per heavy atom. The van der Waals surface area contributed by atoms with Crippen LogP contribution in [-0.2, 0) is 14.3 Å². The van der Waals surface area contributed by atoms with E-state index in [4.69, 9.17) is 4.74 Å². The van der Waals surface area contributed by atoms with Crippen molar-refractivity contribution in [1.29, 1.82) is 0 Å². The zero-order valence-corrected chi connectivity index (χ0v) is 9.87. The summed E-state index contributed by atoms with van der Waals surface area (Å²) >= 11 is 0. The molecule has 2 aliphatic rings. The van der Waals surface area contributed by atoms with E-state index in [0.29, 0.717) is 6.42 Å². The summed E-state index contributed by atoms with van der Waals surface area (Å²) < 4.78 is 4.76. The van der Waals surface area contributed by atoms with Crippen molar-refractivity contribution >= 4 is 11.8 Å². The molecule has 0 aromatic carbocycles. The van der Waals surface area contributed by atoms with Crippen LogP contribution in [0.2, 0.25) is 0 Å². The lowest BCUT2D eigenvalue weighted by Crippen LogP contribution is -2.14. The summed E-state index contributed by atoms with van der Waals surface area (Å²) in [5.74, 6) is 0.105. The standard InChI is InChI=1S/C13H16O3/c1-4-9-11-6-8(13(15)16-3)5-10(11)7(2)12(9)14/h4,8,11H,5-6H2,1-3H3/b9-4-. The van der Waals surface area contributed by atoms with Crippen LogP contribution in [0, 0.1) is 11.8 Å². The second kappa shape index (κ2) is 3.89. The SMILES string of the molecule is C/C=C1\C(=O)C(C)=C2CC(C(=O)OC)CC21. The molecule has 0 N–H and O–H groups in total. The molecule has 3 nitrogen and oxygen atoms in total. The molecule has 0 heterocycles. The van der Waals surface area contributed by atoms with Gasteiger partial charge in [-0.05, 0) is 32.3 Å². The van der Waals surface area contributed by atoms with Crippen LogP contribution < -0.4 is 0 Å². The number of ketones is 1. The van der Waals surface area contributed by atoms with Gasteiger partial charge in [0.2, 0.25) is 0 Å². The molecule has 0 radical (unpaired) electrons. The minimum Gasteiger partial charge on any atom is -0.469 e. The lowest BCUT2D eigenvalue weighted by molar-refractivity contribution is -0.145. The van der Waals surface area contributed by atoms with Crippen LogP contribution >= 0.6 is 0 Å². The van der Waals surface area contributed by atoms with Crippen LogP contribution in [-0.4, -0.2) is 18.9 Å². The number of rotatable bonds is 1. The van der Waals surface area contributed by atoms with Gasteiger partial charge in [0, 0.05) is 11.5 Å². The second-order valence-electron chi connectivity index (χ2n) is 4.44. The van der Waals surface area contributed by atoms with Gasteiger partial charge in [0.05, 0.1) is 13.0 Å². The molecule has 0 bridgehead atoms. The first kappa shape index (κ1) is 11.1. The van der Waals surface area contributed by atoms with E-state index in [-0.39, 0.29) is 23.6 Å². The zero-order chi connectivity index (χ0) is 11.9. The maximum absolute atomic E-state index is 11.9. The van der Waals surface area contributed by atoms with Gasteiger partial charge in [-0.2, -0.15) is 0 Å². The van der Waals surface area contributed by atoms with E-state index in [0.717, 1.165) is 23.1 Å². The van der Waals surface area contributed by atoms with Crippen molar-refractivity contribution in [3.05, 3.63) is 22.8 Å². The van der Waals surface area contributed by atoms with Crippen molar-refractivity contribution in [1.82, 2.24) is 0 Å². The van der Waals surface area contributed by atoms with Crippen molar-refractivity contribution in [2.75, 3.05) is 7.11 Å². The lowest BCUT2D eigenvalue weighted by Gasteiger charge is -2.08. The predicted molar refractivity (Wildman–Crippen MR) is 59.7 cm³/mol. The average molecular weight is 220 g/mol. The van der Waals surface area contributed by atoms with Crippen LogP contribution in [0.4, 0.5) is 0 Å². The zero-order valence-electron chi connectivity index (χ0n) is 9.87. The molecule has 16 heavy (non-hydrogen) atoms. The molecule has 1 saturated carbocycles. The number of hydrogen-bond donors (Lipinski definition) is 0. The van der Waals surface area contributed by atoms with E-state index < -0.39 is 0 Å². The van der Waals surface area contributed by atoms with Gasteiger partial charge in [-0.1, -0.05) is 11.6 Å². The molecular weight excluding hydrogens is 204 g/mol. The number of fused-ring (bicyclic) bond motifs is 1. The summed E-state index contributed by atoms with van der Waals surface area (Å²) in [4.78, 5) is 23.3. The summed E-state index contributed by atoms with van der Waals surface area (Å²) in [6, 6.07) is 0. The van der Waals surface area contributed by atoms with E-state index in [1.807, 2.05) is 19.9 Å². The number of ether oxygens (including phenoxy) is 1. The van der Waals surface area contributed by atoms with Gasteiger partial charge in [-0.3, -0.25) is 9.59 Å². The third-order valence-corrected chi connectivity index (χ3v) is 3.71. The summed E-state index contributed by atoms with van der Waals surface area (Å²) in [6.45, 7) is 3.75. The monoisotopic (exact) mass is 220 g/mol. The summed E-state index contributed by atoms with van der Waals surface area (Å²) in [5.41, 5.74) is 2.84. The van der Waals surface area contributed by atoms with Crippen LogP contribution in [0.15, 0.2) is 22.8 Å². The molecule has 2 aliphatic carbocycles. The molecule has 86 valence electrons. The van der Waals surface area contributed by atoms with Crippen molar-refractivity contribution in [3.8, 4) is 0 Å². The Morgan fingerprint density at radius 3 is 2.75 bits per heavy atom. The molecule has 3 heteroatoms.